The zero-order valence-electron chi connectivity index (χ0n) is 14.5. The van der Waals surface area contributed by atoms with Crippen LogP contribution in [0.15, 0.2) is 36.0 Å². The third kappa shape index (κ3) is 3.36. The number of hydrogen-bond donors (Lipinski definition) is 1. The summed E-state index contributed by atoms with van der Waals surface area (Å²) in [6, 6.07) is 8.04. The van der Waals surface area contributed by atoms with Crippen LogP contribution in [-0.2, 0) is 0 Å². The lowest BCUT2D eigenvalue weighted by atomic mass is 10.1. The minimum atomic E-state index is 0.196. The molecule has 3 aromatic rings. The summed E-state index contributed by atoms with van der Waals surface area (Å²) < 4.78 is 6.25. The Morgan fingerprint density at radius 1 is 1.21 bits per heavy atom. The first-order chi connectivity index (χ1) is 11.6. The Balaban J connectivity index is 1.94. The molecule has 0 fully saturated rings. The van der Waals surface area contributed by atoms with Gasteiger partial charge in [0, 0.05) is 0 Å². The van der Waals surface area contributed by atoms with Crippen molar-refractivity contribution < 1.29 is 4.74 Å². The molecule has 2 heterocycles. The van der Waals surface area contributed by atoms with Crippen molar-refractivity contribution in [2.75, 3.05) is 5.32 Å². The van der Waals surface area contributed by atoms with E-state index in [2.05, 4.69) is 48.4 Å². The van der Waals surface area contributed by atoms with Gasteiger partial charge in [0.1, 0.15) is 28.8 Å². The molecule has 3 rings (SSSR count). The summed E-state index contributed by atoms with van der Waals surface area (Å²) in [5.74, 6) is 2.15. The second kappa shape index (κ2) is 7.18. The van der Waals surface area contributed by atoms with E-state index in [1.54, 1.807) is 17.7 Å². The zero-order valence-corrected chi connectivity index (χ0v) is 15.4. The summed E-state index contributed by atoms with van der Waals surface area (Å²) >= 11 is 1.64. The van der Waals surface area contributed by atoms with Crippen molar-refractivity contribution in [1.82, 2.24) is 9.97 Å². The smallest absolute Gasteiger partial charge is 0.143 e. The molecule has 0 saturated carbocycles. The molecular formula is C19H23N3OS. The average molecular weight is 341 g/mol. The molecule has 0 radical (unpaired) electrons. The molecule has 0 aliphatic carbocycles. The van der Waals surface area contributed by atoms with Crippen LogP contribution in [-0.4, -0.2) is 16.1 Å². The molecule has 126 valence electrons. The topological polar surface area (TPSA) is 47.0 Å². The van der Waals surface area contributed by atoms with Crippen LogP contribution in [0.1, 0.15) is 32.8 Å². The molecule has 0 bridgehead atoms. The monoisotopic (exact) mass is 341 g/mol. The summed E-state index contributed by atoms with van der Waals surface area (Å²) in [5, 5.41) is 6.63. The van der Waals surface area contributed by atoms with Gasteiger partial charge in [0.05, 0.1) is 11.1 Å². The van der Waals surface area contributed by atoms with Crippen LogP contribution in [0.3, 0.4) is 0 Å². The highest BCUT2D eigenvalue weighted by atomic mass is 32.1. The van der Waals surface area contributed by atoms with Crippen molar-refractivity contribution in [2.24, 2.45) is 5.92 Å². The Morgan fingerprint density at radius 3 is 2.75 bits per heavy atom. The Bertz CT molecular complexity index is 828. The molecule has 4 nitrogen and oxygen atoms in total. The molecular weight excluding hydrogens is 318 g/mol. The predicted octanol–water partition coefficient (Wildman–Crippen LogP) is 5.56. The number of benzene rings is 1. The molecule has 0 aliphatic rings. The summed E-state index contributed by atoms with van der Waals surface area (Å²) in [7, 11) is 0. The largest absolute Gasteiger partial charge is 0.488 e. The van der Waals surface area contributed by atoms with Gasteiger partial charge in [-0.25, -0.2) is 9.97 Å². The maximum atomic E-state index is 6.25. The van der Waals surface area contributed by atoms with Crippen LogP contribution in [0.25, 0.3) is 10.2 Å². The fourth-order valence-electron chi connectivity index (χ4n) is 2.77. The summed E-state index contributed by atoms with van der Waals surface area (Å²) in [4.78, 5) is 9.78. The van der Waals surface area contributed by atoms with E-state index in [0.29, 0.717) is 5.92 Å². The number of ether oxygens (including phenoxy) is 1. The number of aromatic nitrogens is 2. The minimum Gasteiger partial charge on any atom is -0.488 e. The van der Waals surface area contributed by atoms with Crippen molar-refractivity contribution in [3.05, 3.63) is 41.5 Å². The standard InChI is InChI=1S/C19H23N3OS/c1-5-15(12(2)3)23-16-9-7-6-8-14(16)22-18-17-13(4)10-24-19(17)21-11-20-18/h6-12,15H,5H2,1-4H3,(H,20,21,22). The first-order valence-electron chi connectivity index (χ1n) is 8.31. The number of rotatable bonds is 6. The molecule has 0 aliphatic heterocycles. The summed E-state index contributed by atoms with van der Waals surface area (Å²) in [6.45, 7) is 8.62. The van der Waals surface area contributed by atoms with E-state index in [1.165, 1.54) is 5.56 Å². The van der Waals surface area contributed by atoms with Crippen molar-refractivity contribution in [3.63, 3.8) is 0 Å². The molecule has 0 spiro atoms. The van der Waals surface area contributed by atoms with E-state index >= 15 is 0 Å². The lowest BCUT2D eigenvalue weighted by molar-refractivity contribution is 0.148. The fraction of sp³-hybridized carbons (Fsp3) is 0.368. The van der Waals surface area contributed by atoms with Crippen LogP contribution >= 0.6 is 11.3 Å². The predicted molar refractivity (Wildman–Crippen MR) is 101 cm³/mol. The summed E-state index contributed by atoms with van der Waals surface area (Å²) in [5.41, 5.74) is 2.12. The van der Waals surface area contributed by atoms with E-state index in [1.807, 2.05) is 24.3 Å². The SMILES string of the molecule is CCC(Oc1ccccc1Nc1ncnc2scc(C)c12)C(C)C. The average Bonchev–Trinajstić information content (AvgIpc) is 2.96. The van der Waals surface area contributed by atoms with Crippen molar-refractivity contribution in [2.45, 2.75) is 40.2 Å². The van der Waals surface area contributed by atoms with Gasteiger partial charge in [-0.3, -0.25) is 0 Å². The van der Waals surface area contributed by atoms with E-state index in [4.69, 9.17) is 4.74 Å². The van der Waals surface area contributed by atoms with Gasteiger partial charge in [-0.1, -0.05) is 32.9 Å². The van der Waals surface area contributed by atoms with Gasteiger partial charge in [-0.05, 0) is 42.3 Å². The normalized spacial score (nSPS) is 12.5. The quantitative estimate of drug-likeness (QED) is 0.638. The van der Waals surface area contributed by atoms with Crippen molar-refractivity contribution in [3.8, 4) is 5.75 Å². The van der Waals surface area contributed by atoms with Crippen molar-refractivity contribution in [1.29, 1.82) is 0 Å². The number of nitrogens with zero attached hydrogens (tertiary/aromatic N) is 2. The van der Waals surface area contributed by atoms with E-state index in [0.717, 1.165) is 33.9 Å². The third-order valence-electron chi connectivity index (χ3n) is 4.12. The molecule has 1 N–H and O–H groups in total. The lowest BCUT2D eigenvalue weighted by Gasteiger charge is -2.23. The number of aryl methyl sites for hydroxylation is 1. The Morgan fingerprint density at radius 2 is 2.00 bits per heavy atom. The molecule has 0 amide bonds. The molecule has 1 atom stereocenters. The Hall–Kier alpha value is -2.14. The fourth-order valence-corrected chi connectivity index (χ4v) is 3.66. The number of para-hydroxylation sites is 2. The molecule has 1 aromatic carbocycles. The van der Waals surface area contributed by atoms with Gasteiger partial charge in [0.2, 0.25) is 0 Å². The van der Waals surface area contributed by atoms with Crippen LogP contribution < -0.4 is 10.1 Å². The van der Waals surface area contributed by atoms with Crippen LogP contribution in [0.5, 0.6) is 5.75 Å². The number of hydrogen-bond acceptors (Lipinski definition) is 5. The molecule has 24 heavy (non-hydrogen) atoms. The lowest BCUT2D eigenvalue weighted by Crippen LogP contribution is -2.22. The molecule has 1 unspecified atom stereocenters. The van der Waals surface area contributed by atoms with Gasteiger partial charge in [-0.15, -0.1) is 11.3 Å². The van der Waals surface area contributed by atoms with E-state index < -0.39 is 0 Å². The highest BCUT2D eigenvalue weighted by molar-refractivity contribution is 7.17. The molecule has 5 heteroatoms. The minimum absolute atomic E-state index is 0.196. The maximum Gasteiger partial charge on any atom is 0.143 e. The van der Waals surface area contributed by atoms with Gasteiger partial charge in [-0.2, -0.15) is 0 Å². The number of anilines is 2. The van der Waals surface area contributed by atoms with Crippen molar-refractivity contribution >= 4 is 33.1 Å². The highest BCUT2D eigenvalue weighted by Crippen LogP contribution is 2.34. The second-order valence-electron chi connectivity index (χ2n) is 6.25. The summed E-state index contributed by atoms with van der Waals surface area (Å²) in [6.07, 6.45) is 2.78. The van der Waals surface area contributed by atoms with Gasteiger partial charge >= 0.3 is 0 Å². The molecule has 0 saturated heterocycles. The second-order valence-corrected chi connectivity index (χ2v) is 7.11. The first kappa shape index (κ1) is 16.7. The van der Waals surface area contributed by atoms with Crippen LogP contribution in [0.4, 0.5) is 11.5 Å². The van der Waals surface area contributed by atoms with Gasteiger partial charge < -0.3 is 10.1 Å². The van der Waals surface area contributed by atoms with Gasteiger partial charge in [0.25, 0.3) is 0 Å². The zero-order chi connectivity index (χ0) is 17.1. The highest BCUT2D eigenvalue weighted by Gasteiger charge is 2.16. The van der Waals surface area contributed by atoms with Gasteiger partial charge in [0.15, 0.2) is 0 Å². The third-order valence-corrected chi connectivity index (χ3v) is 5.12. The van der Waals surface area contributed by atoms with Crippen LogP contribution in [0.2, 0.25) is 0 Å². The maximum absolute atomic E-state index is 6.25. The Labute approximate surface area is 146 Å². The number of nitrogens with one attached hydrogen (secondary N) is 1. The van der Waals surface area contributed by atoms with E-state index in [9.17, 15) is 0 Å². The number of thiophene rings is 1. The van der Waals surface area contributed by atoms with E-state index in [-0.39, 0.29) is 6.10 Å². The molecule has 2 aromatic heterocycles. The Kier molecular flexibility index (Phi) is 5.00. The number of fused-ring (bicyclic) bond motifs is 1. The van der Waals surface area contributed by atoms with Crippen LogP contribution in [0, 0.1) is 12.8 Å². The first-order valence-corrected chi connectivity index (χ1v) is 9.19.